The smallest absolute Gasteiger partial charge is 0.271 e. The number of hydrazone groups is 1. The van der Waals surface area contributed by atoms with Gasteiger partial charge in [0.15, 0.2) is 0 Å². The first-order chi connectivity index (χ1) is 15.9. The summed E-state index contributed by atoms with van der Waals surface area (Å²) in [6.45, 7) is 0.287. The molecule has 2 amide bonds. The van der Waals surface area contributed by atoms with Crippen molar-refractivity contribution in [1.82, 2.24) is 14.9 Å². The number of benzene rings is 2. The third-order valence-electron chi connectivity index (χ3n) is 6.25. The van der Waals surface area contributed by atoms with Crippen molar-refractivity contribution in [3.05, 3.63) is 64.8 Å². The fourth-order valence-corrected chi connectivity index (χ4v) is 4.48. The van der Waals surface area contributed by atoms with Crippen LogP contribution >= 0.6 is 11.6 Å². The SMILES string of the molecule is CN(C(=O)Cn1ccc2c(/C=N/NC(=O)c3ccc(O)c(Cl)c3)cccc21)C1CCCCC1. The van der Waals surface area contributed by atoms with Crippen LogP contribution in [0, 0.1) is 0 Å². The molecule has 1 aliphatic carbocycles. The lowest BCUT2D eigenvalue weighted by molar-refractivity contribution is -0.133. The molecule has 8 heteroatoms. The molecule has 1 aliphatic rings. The van der Waals surface area contributed by atoms with Gasteiger partial charge in [-0.25, -0.2) is 5.43 Å². The van der Waals surface area contributed by atoms with Gasteiger partial charge in [0.25, 0.3) is 5.91 Å². The van der Waals surface area contributed by atoms with E-state index in [1.165, 1.54) is 37.5 Å². The third kappa shape index (κ3) is 5.20. The van der Waals surface area contributed by atoms with Crippen LogP contribution < -0.4 is 5.43 Å². The number of rotatable bonds is 6. The first-order valence-corrected chi connectivity index (χ1v) is 11.5. The summed E-state index contributed by atoms with van der Waals surface area (Å²) in [4.78, 5) is 27.0. The predicted molar refractivity (Wildman–Crippen MR) is 130 cm³/mol. The molecule has 1 fully saturated rings. The van der Waals surface area contributed by atoms with E-state index < -0.39 is 5.91 Å². The molecular formula is C25H27ClN4O3. The first kappa shape index (κ1) is 22.9. The second kappa shape index (κ2) is 10.1. The molecule has 1 aromatic heterocycles. The summed E-state index contributed by atoms with van der Waals surface area (Å²) in [5.74, 6) is -0.413. The minimum absolute atomic E-state index is 0.0867. The van der Waals surface area contributed by atoms with Gasteiger partial charge in [-0.15, -0.1) is 0 Å². The normalized spacial score (nSPS) is 14.6. The Morgan fingerprint density at radius 1 is 1.21 bits per heavy atom. The van der Waals surface area contributed by atoms with Crippen molar-refractivity contribution in [3.8, 4) is 5.75 Å². The fraction of sp³-hybridized carbons (Fsp3) is 0.320. The molecule has 0 radical (unpaired) electrons. The number of nitrogens with one attached hydrogen (secondary N) is 1. The lowest BCUT2D eigenvalue weighted by Crippen LogP contribution is -2.40. The maximum absolute atomic E-state index is 12.9. The number of fused-ring (bicyclic) bond motifs is 1. The van der Waals surface area contributed by atoms with E-state index in [2.05, 4.69) is 10.5 Å². The number of halogens is 1. The number of amides is 2. The Bertz CT molecular complexity index is 1200. The summed E-state index contributed by atoms with van der Waals surface area (Å²) in [6, 6.07) is 12.3. The average Bonchev–Trinajstić information content (AvgIpc) is 3.24. The minimum atomic E-state index is -0.436. The van der Waals surface area contributed by atoms with Crippen molar-refractivity contribution in [2.45, 2.75) is 44.7 Å². The van der Waals surface area contributed by atoms with Crippen LogP contribution in [0.25, 0.3) is 10.9 Å². The van der Waals surface area contributed by atoms with E-state index in [0.29, 0.717) is 11.6 Å². The Morgan fingerprint density at radius 3 is 2.76 bits per heavy atom. The maximum atomic E-state index is 12.9. The van der Waals surface area contributed by atoms with E-state index in [1.807, 2.05) is 47.0 Å². The van der Waals surface area contributed by atoms with E-state index in [-0.39, 0.29) is 23.2 Å². The van der Waals surface area contributed by atoms with Crippen molar-refractivity contribution in [3.63, 3.8) is 0 Å². The molecule has 2 N–H and O–H groups in total. The van der Waals surface area contributed by atoms with Crippen molar-refractivity contribution in [1.29, 1.82) is 0 Å². The number of carbonyl (C=O) groups is 2. The van der Waals surface area contributed by atoms with E-state index in [0.717, 1.165) is 29.3 Å². The van der Waals surface area contributed by atoms with Crippen molar-refractivity contribution >= 4 is 40.5 Å². The highest BCUT2D eigenvalue weighted by Gasteiger charge is 2.22. The number of aromatic nitrogens is 1. The van der Waals surface area contributed by atoms with E-state index in [1.54, 1.807) is 6.21 Å². The zero-order chi connectivity index (χ0) is 23.4. The summed E-state index contributed by atoms with van der Waals surface area (Å²) in [5.41, 5.74) is 4.52. The van der Waals surface area contributed by atoms with Crippen LogP contribution in [0.2, 0.25) is 5.02 Å². The van der Waals surface area contributed by atoms with Crippen molar-refractivity contribution in [2.24, 2.45) is 5.10 Å². The zero-order valence-corrected chi connectivity index (χ0v) is 19.3. The second-order valence-corrected chi connectivity index (χ2v) is 8.79. The highest BCUT2D eigenvalue weighted by atomic mass is 35.5. The van der Waals surface area contributed by atoms with Gasteiger partial charge in [0.1, 0.15) is 12.3 Å². The lowest BCUT2D eigenvalue weighted by atomic mass is 9.94. The quantitative estimate of drug-likeness (QED) is 0.412. The molecule has 0 aliphatic heterocycles. The van der Waals surface area contributed by atoms with Gasteiger partial charge in [-0.3, -0.25) is 9.59 Å². The maximum Gasteiger partial charge on any atom is 0.271 e. The summed E-state index contributed by atoms with van der Waals surface area (Å²) in [7, 11) is 1.91. The molecule has 0 spiro atoms. The Kier molecular flexibility index (Phi) is 6.99. The molecule has 33 heavy (non-hydrogen) atoms. The highest BCUT2D eigenvalue weighted by Crippen LogP contribution is 2.24. The number of likely N-dealkylation sites (N-methyl/N-ethyl adjacent to an activating group) is 1. The molecule has 1 saturated carbocycles. The van der Waals surface area contributed by atoms with Gasteiger partial charge in [0.05, 0.1) is 11.2 Å². The van der Waals surface area contributed by atoms with Crippen LogP contribution in [-0.4, -0.2) is 45.7 Å². The predicted octanol–water partition coefficient (Wildman–Crippen LogP) is 4.56. The van der Waals surface area contributed by atoms with E-state index in [4.69, 9.17) is 11.6 Å². The van der Waals surface area contributed by atoms with Crippen LogP contribution in [0.3, 0.4) is 0 Å². The zero-order valence-electron chi connectivity index (χ0n) is 18.5. The van der Waals surface area contributed by atoms with Gasteiger partial charge in [0, 0.05) is 41.3 Å². The van der Waals surface area contributed by atoms with E-state index >= 15 is 0 Å². The van der Waals surface area contributed by atoms with Gasteiger partial charge in [-0.2, -0.15) is 5.10 Å². The molecule has 0 unspecified atom stereocenters. The summed E-state index contributed by atoms with van der Waals surface area (Å²) in [5, 5.41) is 14.6. The van der Waals surface area contributed by atoms with E-state index in [9.17, 15) is 14.7 Å². The molecule has 0 saturated heterocycles. The van der Waals surface area contributed by atoms with Gasteiger partial charge in [-0.1, -0.05) is 43.0 Å². The van der Waals surface area contributed by atoms with Crippen LogP contribution in [0.15, 0.2) is 53.8 Å². The molecule has 1 heterocycles. The third-order valence-corrected chi connectivity index (χ3v) is 6.55. The molecule has 172 valence electrons. The molecule has 7 nitrogen and oxygen atoms in total. The number of phenols is 1. The Morgan fingerprint density at radius 2 is 2.00 bits per heavy atom. The molecule has 0 atom stereocenters. The number of hydrogen-bond acceptors (Lipinski definition) is 4. The fourth-order valence-electron chi connectivity index (χ4n) is 4.30. The number of nitrogens with zero attached hydrogens (tertiary/aromatic N) is 3. The molecular weight excluding hydrogens is 440 g/mol. The summed E-state index contributed by atoms with van der Waals surface area (Å²) >= 11 is 5.86. The number of carbonyl (C=O) groups excluding carboxylic acids is 2. The lowest BCUT2D eigenvalue weighted by Gasteiger charge is -2.31. The van der Waals surface area contributed by atoms with Crippen LogP contribution in [0.5, 0.6) is 5.75 Å². The number of hydrogen-bond donors (Lipinski definition) is 2. The van der Waals surface area contributed by atoms with Crippen molar-refractivity contribution in [2.75, 3.05) is 7.05 Å². The molecule has 3 aromatic rings. The van der Waals surface area contributed by atoms with Crippen molar-refractivity contribution < 1.29 is 14.7 Å². The monoisotopic (exact) mass is 466 g/mol. The molecule has 2 aromatic carbocycles. The topological polar surface area (TPSA) is 86.9 Å². The van der Waals surface area contributed by atoms with Crippen LogP contribution in [0.1, 0.15) is 48.0 Å². The average molecular weight is 467 g/mol. The number of phenolic OH excluding ortho intramolecular Hbond substituents is 1. The first-order valence-electron chi connectivity index (χ1n) is 11.1. The Balaban J connectivity index is 1.44. The number of aromatic hydroxyl groups is 1. The van der Waals surface area contributed by atoms with Gasteiger partial charge in [-0.05, 0) is 43.2 Å². The Labute approximate surface area is 197 Å². The second-order valence-electron chi connectivity index (χ2n) is 8.39. The van der Waals surface area contributed by atoms with Crippen LogP contribution in [0.4, 0.5) is 0 Å². The van der Waals surface area contributed by atoms with Gasteiger partial charge >= 0.3 is 0 Å². The standard InChI is InChI=1S/C25H27ClN4O3/c1-29(19-7-3-2-4-8-19)24(32)16-30-13-12-20-18(6-5-9-22(20)30)15-27-28-25(33)17-10-11-23(31)21(26)14-17/h5-6,9-15,19,31H,2-4,7-8,16H2,1H3,(H,28,33)/b27-15+. The highest BCUT2D eigenvalue weighted by molar-refractivity contribution is 6.32. The molecule has 0 bridgehead atoms. The molecule has 4 rings (SSSR count). The van der Waals surface area contributed by atoms with Gasteiger partial charge in [0.2, 0.25) is 5.91 Å². The largest absolute Gasteiger partial charge is 0.506 e. The van der Waals surface area contributed by atoms with Gasteiger partial charge < -0.3 is 14.6 Å². The van der Waals surface area contributed by atoms with Crippen LogP contribution in [-0.2, 0) is 11.3 Å². The minimum Gasteiger partial charge on any atom is -0.506 e. The Hall–Kier alpha value is -3.32. The summed E-state index contributed by atoms with van der Waals surface area (Å²) < 4.78 is 1.95. The summed E-state index contributed by atoms with van der Waals surface area (Å²) in [6.07, 6.45) is 9.28.